The summed E-state index contributed by atoms with van der Waals surface area (Å²) in [7, 11) is 0. The Labute approximate surface area is 69.5 Å². The van der Waals surface area contributed by atoms with Crippen molar-refractivity contribution in [2.24, 2.45) is 4.99 Å². The molecule has 0 aromatic heterocycles. The summed E-state index contributed by atoms with van der Waals surface area (Å²) in [5, 5.41) is 0. The van der Waals surface area contributed by atoms with Crippen LogP contribution in [0.2, 0.25) is 0 Å². The maximum atomic E-state index is 4.21. The van der Waals surface area contributed by atoms with Gasteiger partial charge < -0.3 is 0 Å². The fourth-order valence-electron chi connectivity index (χ4n) is 0.566. The van der Waals surface area contributed by atoms with Crippen molar-refractivity contribution in [1.29, 1.82) is 0 Å². The van der Waals surface area contributed by atoms with Crippen LogP contribution in [0, 0.1) is 0 Å². The minimum absolute atomic E-state index is 1.00. The molecule has 0 spiro atoms. The van der Waals surface area contributed by atoms with Crippen molar-refractivity contribution in [3.05, 3.63) is 23.4 Å². The lowest BCUT2D eigenvalue weighted by molar-refractivity contribution is 1.25. The van der Waals surface area contributed by atoms with Crippen molar-refractivity contribution in [2.75, 3.05) is 0 Å². The second kappa shape index (κ2) is 5.90. The molecule has 0 aromatic rings. The highest BCUT2D eigenvalue weighted by Crippen LogP contribution is 1.97. The van der Waals surface area contributed by atoms with Gasteiger partial charge in [-0.2, -0.15) is 0 Å². The molecule has 0 aliphatic carbocycles. The van der Waals surface area contributed by atoms with Crippen molar-refractivity contribution in [3.63, 3.8) is 0 Å². The van der Waals surface area contributed by atoms with E-state index in [9.17, 15) is 0 Å². The average molecular weight is 151 g/mol. The van der Waals surface area contributed by atoms with E-state index in [2.05, 4.69) is 31.8 Å². The van der Waals surface area contributed by atoms with Gasteiger partial charge in [0.1, 0.15) is 0 Å². The molecular formula is C10H17N. The molecule has 0 radical (unpaired) electrons. The Morgan fingerprint density at radius 3 is 2.27 bits per heavy atom. The molecule has 1 heteroatoms. The van der Waals surface area contributed by atoms with Crippen LogP contribution in [0.5, 0.6) is 0 Å². The predicted molar refractivity (Wildman–Crippen MR) is 52.0 cm³/mol. The molecule has 11 heavy (non-hydrogen) atoms. The van der Waals surface area contributed by atoms with Gasteiger partial charge >= 0.3 is 0 Å². The summed E-state index contributed by atoms with van der Waals surface area (Å²) in [4.78, 5) is 4.21. The van der Waals surface area contributed by atoms with Crippen LogP contribution in [0.3, 0.4) is 0 Å². The molecule has 0 bridgehead atoms. The van der Waals surface area contributed by atoms with E-state index in [1.807, 2.05) is 19.2 Å². The molecule has 0 rings (SSSR count). The summed E-state index contributed by atoms with van der Waals surface area (Å²) < 4.78 is 0. The van der Waals surface area contributed by atoms with Crippen LogP contribution in [-0.2, 0) is 0 Å². The second-order valence-electron chi connectivity index (χ2n) is 2.77. The Bertz CT molecular complexity index is 181. The van der Waals surface area contributed by atoms with E-state index in [-0.39, 0.29) is 0 Å². The monoisotopic (exact) mass is 151 g/mol. The van der Waals surface area contributed by atoms with E-state index in [0.717, 1.165) is 12.1 Å². The topological polar surface area (TPSA) is 12.4 Å². The van der Waals surface area contributed by atoms with Crippen LogP contribution in [-0.4, -0.2) is 6.21 Å². The summed E-state index contributed by atoms with van der Waals surface area (Å²) in [5.41, 5.74) is 2.36. The minimum atomic E-state index is 1.00. The summed E-state index contributed by atoms with van der Waals surface area (Å²) in [6.07, 6.45) is 7.02. The molecule has 62 valence electrons. The van der Waals surface area contributed by atoms with Gasteiger partial charge in [-0.05, 0) is 33.3 Å². The van der Waals surface area contributed by atoms with Crippen LogP contribution in [0.25, 0.3) is 0 Å². The highest BCUT2D eigenvalue weighted by atomic mass is 14.7. The third-order valence-corrected chi connectivity index (χ3v) is 1.14. The Morgan fingerprint density at radius 2 is 1.82 bits per heavy atom. The van der Waals surface area contributed by atoms with E-state index < -0.39 is 0 Å². The smallest absolute Gasteiger partial charge is 0.0368 e. The van der Waals surface area contributed by atoms with Gasteiger partial charge in [0.05, 0.1) is 0 Å². The van der Waals surface area contributed by atoms with E-state index in [1.54, 1.807) is 0 Å². The molecule has 0 atom stereocenters. The first-order chi connectivity index (χ1) is 5.16. The van der Waals surface area contributed by atoms with Gasteiger partial charge in [-0.25, -0.2) is 0 Å². The molecule has 0 saturated heterocycles. The van der Waals surface area contributed by atoms with E-state index in [4.69, 9.17) is 0 Å². The first kappa shape index (κ1) is 10.2. The molecule has 0 saturated carbocycles. The largest absolute Gasteiger partial charge is 0.266 e. The van der Waals surface area contributed by atoms with Crippen LogP contribution >= 0.6 is 0 Å². The fraction of sp³-hybridized carbons (Fsp3) is 0.500. The van der Waals surface area contributed by atoms with Gasteiger partial charge in [0, 0.05) is 11.9 Å². The summed E-state index contributed by atoms with van der Waals surface area (Å²) in [6.45, 7) is 8.24. The quantitative estimate of drug-likeness (QED) is 0.433. The van der Waals surface area contributed by atoms with E-state index in [0.29, 0.717) is 0 Å². The van der Waals surface area contributed by atoms with Crippen LogP contribution in [0.15, 0.2) is 28.4 Å². The van der Waals surface area contributed by atoms with Crippen molar-refractivity contribution < 1.29 is 0 Å². The lowest BCUT2D eigenvalue weighted by atomic mass is 10.3. The molecule has 0 heterocycles. The van der Waals surface area contributed by atoms with Crippen LogP contribution < -0.4 is 0 Å². The third kappa shape index (κ3) is 7.04. The molecule has 0 unspecified atom stereocenters. The molecule has 0 aliphatic rings. The van der Waals surface area contributed by atoms with Crippen molar-refractivity contribution in [2.45, 2.75) is 34.1 Å². The van der Waals surface area contributed by atoms with Gasteiger partial charge in [0.15, 0.2) is 0 Å². The minimum Gasteiger partial charge on any atom is -0.266 e. The standard InChI is InChI=1S/C10H17N/c1-5-8-11-10(4)7-6-9(2)3/h6-8H,5H2,1-4H3/b10-7+,11-8-. The SMILES string of the molecule is CC/C=N\C(C)=C\C=C(C)C. The number of aliphatic imine (C=N–C) groups is 1. The normalized spacial score (nSPS) is 12.2. The molecule has 0 fully saturated rings. The Morgan fingerprint density at radius 1 is 1.18 bits per heavy atom. The van der Waals surface area contributed by atoms with Gasteiger partial charge in [-0.1, -0.05) is 18.6 Å². The summed E-state index contributed by atoms with van der Waals surface area (Å²) >= 11 is 0. The van der Waals surface area contributed by atoms with E-state index >= 15 is 0 Å². The maximum absolute atomic E-state index is 4.21. The van der Waals surface area contributed by atoms with Crippen LogP contribution in [0.4, 0.5) is 0 Å². The van der Waals surface area contributed by atoms with Gasteiger partial charge in [0.2, 0.25) is 0 Å². The number of allylic oxidation sites excluding steroid dienone is 4. The molecule has 0 aromatic carbocycles. The molecule has 0 N–H and O–H groups in total. The molecular weight excluding hydrogens is 134 g/mol. The Kier molecular flexibility index (Phi) is 5.44. The summed E-state index contributed by atoms with van der Waals surface area (Å²) in [6, 6.07) is 0. The molecule has 1 nitrogen and oxygen atoms in total. The average Bonchev–Trinajstić information content (AvgIpc) is 1.97. The Balaban J connectivity index is 4.01. The highest BCUT2D eigenvalue weighted by molar-refractivity contribution is 5.58. The zero-order chi connectivity index (χ0) is 8.69. The zero-order valence-electron chi connectivity index (χ0n) is 7.89. The molecule has 0 amide bonds. The predicted octanol–water partition coefficient (Wildman–Crippen LogP) is 3.34. The number of hydrogen-bond donors (Lipinski definition) is 0. The number of rotatable bonds is 3. The maximum Gasteiger partial charge on any atom is 0.0368 e. The zero-order valence-corrected chi connectivity index (χ0v) is 7.89. The fourth-order valence-corrected chi connectivity index (χ4v) is 0.566. The first-order valence-electron chi connectivity index (χ1n) is 4.01. The van der Waals surface area contributed by atoms with Crippen molar-refractivity contribution >= 4 is 6.21 Å². The van der Waals surface area contributed by atoms with Gasteiger partial charge in [-0.3, -0.25) is 4.99 Å². The lowest BCUT2D eigenvalue weighted by Crippen LogP contribution is -1.71. The highest BCUT2D eigenvalue weighted by Gasteiger charge is 1.78. The first-order valence-corrected chi connectivity index (χ1v) is 4.01. The van der Waals surface area contributed by atoms with Crippen molar-refractivity contribution in [3.8, 4) is 0 Å². The second-order valence-corrected chi connectivity index (χ2v) is 2.77. The lowest BCUT2D eigenvalue weighted by Gasteiger charge is -1.88. The van der Waals surface area contributed by atoms with Crippen molar-refractivity contribution in [1.82, 2.24) is 0 Å². The Hall–Kier alpha value is -0.850. The molecule has 0 aliphatic heterocycles. The summed E-state index contributed by atoms with van der Waals surface area (Å²) in [5.74, 6) is 0. The van der Waals surface area contributed by atoms with Crippen LogP contribution in [0.1, 0.15) is 34.1 Å². The third-order valence-electron chi connectivity index (χ3n) is 1.14. The van der Waals surface area contributed by atoms with Gasteiger partial charge in [0.25, 0.3) is 0 Å². The van der Waals surface area contributed by atoms with Gasteiger partial charge in [-0.15, -0.1) is 0 Å². The van der Waals surface area contributed by atoms with E-state index in [1.165, 1.54) is 5.57 Å². The number of hydrogen-bond acceptors (Lipinski definition) is 1. The number of nitrogens with zero attached hydrogens (tertiary/aromatic N) is 1.